The van der Waals surface area contributed by atoms with E-state index in [-0.39, 0.29) is 30.1 Å². The molecule has 1 aliphatic heterocycles. The van der Waals surface area contributed by atoms with Gasteiger partial charge in [0.05, 0.1) is 5.69 Å². The van der Waals surface area contributed by atoms with Gasteiger partial charge in [-0.1, -0.05) is 12.1 Å². The zero-order valence-corrected chi connectivity index (χ0v) is 14.5. The van der Waals surface area contributed by atoms with Gasteiger partial charge in [0, 0.05) is 23.7 Å². The second kappa shape index (κ2) is 7.17. The number of carbonyl (C=O) groups excluding carboxylic acids is 1. The third-order valence-electron chi connectivity index (χ3n) is 4.78. The van der Waals surface area contributed by atoms with E-state index in [4.69, 9.17) is 0 Å². The Labute approximate surface area is 146 Å². The molecule has 1 fully saturated rings. The van der Waals surface area contributed by atoms with E-state index in [1.54, 1.807) is 18.2 Å². The summed E-state index contributed by atoms with van der Waals surface area (Å²) >= 11 is 0. The van der Waals surface area contributed by atoms with E-state index in [9.17, 15) is 14.0 Å². The van der Waals surface area contributed by atoms with Crippen molar-refractivity contribution in [3.63, 3.8) is 0 Å². The number of aromatic nitrogens is 2. The maximum absolute atomic E-state index is 14.0. The van der Waals surface area contributed by atoms with Crippen LogP contribution >= 0.6 is 0 Å². The summed E-state index contributed by atoms with van der Waals surface area (Å²) in [7, 11) is 0. The molecule has 1 aliphatic rings. The molecule has 0 radical (unpaired) electrons. The molecule has 0 aliphatic carbocycles. The fraction of sp³-hybridized carbons (Fsp3) is 0.421. The largest absolute Gasteiger partial charge is 0.336 e. The second-order valence-corrected chi connectivity index (χ2v) is 6.62. The monoisotopic (exact) mass is 343 g/mol. The average molecular weight is 343 g/mol. The summed E-state index contributed by atoms with van der Waals surface area (Å²) in [6, 6.07) is 9.36. The lowest BCUT2D eigenvalue weighted by Gasteiger charge is -2.39. The highest BCUT2D eigenvalue weighted by molar-refractivity contribution is 5.76. The van der Waals surface area contributed by atoms with Crippen LogP contribution in [0, 0.1) is 5.82 Å². The molecule has 6 heteroatoms. The predicted molar refractivity (Wildman–Crippen MR) is 93.5 cm³/mol. The van der Waals surface area contributed by atoms with Crippen LogP contribution in [-0.4, -0.2) is 32.7 Å². The van der Waals surface area contributed by atoms with Gasteiger partial charge in [-0.05, 0) is 51.3 Å². The fourth-order valence-corrected chi connectivity index (χ4v) is 3.50. The lowest BCUT2D eigenvalue weighted by molar-refractivity contribution is -0.138. The van der Waals surface area contributed by atoms with Gasteiger partial charge in [-0.3, -0.25) is 9.59 Å². The topological polar surface area (TPSA) is 55.2 Å². The molecular formula is C19H22FN3O2. The average Bonchev–Trinajstić information content (AvgIpc) is 2.57. The van der Waals surface area contributed by atoms with Gasteiger partial charge in [0.25, 0.3) is 5.56 Å². The first kappa shape index (κ1) is 17.3. The minimum atomic E-state index is -0.412. The number of amides is 1. The molecule has 25 heavy (non-hydrogen) atoms. The Morgan fingerprint density at radius 2 is 1.84 bits per heavy atom. The van der Waals surface area contributed by atoms with Crippen molar-refractivity contribution < 1.29 is 9.18 Å². The van der Waals surface area contributed by atoms with Crippen LogP contribution in [0.15, 0.2) is 41.2 Å². The third-order valence-corrected chi connectivity index (χ3v) is 4.78. The Morgan fingerprint density at radius 1 is 1.16 bits per heavy atom. The SMILES string of the molecule is C[C@@H]1CCC[C@@H](C)N1C(=O)Cn1nc(-c2ccccc2F)ccc1=O. The number of hydrogen-bond donors (Lipinski definition) is 0. The Morgan fingerprint density at radius 3 is 2.52 bits per heavy atom. The molecule has 1 saturated heterocycles. The van der Waals surface area contributed by atoms with Crippen molar-refractivity contribution in [1.29, 1.82) is 0 Å². The number of piperidine rings is 1. The van der Waals surface area contributed by atoms with Crippen LogP contribution in [0.5, 0.6) is 0 Å². The quantitative estimate of drug-likeness (QED) is 0.861. The van der Waals surface area contributed by atoms with Gasteiger partial charge < -0.3 is 4.90 Å². The number of likely N-dealkylation sites (tertiary alicyclic amines) is 1. The summed E-state index contributed by atoms with van der Waals surface area (Å²) in [5.74, 6) is -0.537. The number of benzene rings is 1. The predicted octanol–water partition coefficient (Wildman–Crippen LogP) is 2.84. The van der Waals surface area contributed by atoms with Crippen LogP contribution in [0.2, 0.25) is 0 Å². The van der Waals surface area contributed by atoms with E-state index in [1.807, 2.05) is 18.7 Å². The van der Waals surface area contributed by atoms with Crippen molar-refractivity contribution in [3.8, 4) is 11.3 Å². The zero-order chi connectivity index (χ0) is 18.0. The van der Waals surface area contributed by atoms with Gasteiger partial charge in [0.2, 0.25) is 5.91 Å². The minimum absolute atomic E-state index is 0.125. The molecule has 0 spiro atoms. The van der Waals surface area contributed by atoms with E-state index in [0.717, 1.165) is 23.9 Å². The first-order valence-electron chi connectivity index (χ1n) is 8.61. The number of halogens is 1. The lowest BCUT2D eigenvalue weighted by Crippen LogP contribution is -2.49. The lowest BCUT2D eigenvalue weighted by atomic mass is 9.97. The molecule has 1 aromatic carbocycles. The van der Waals surface area contributed by atoms with Crippen molar-refractivity contribution in [2.45, 2.75) is 51.7 Å². The highest BCUT2D eigenvalue weighted by Gasteiger charge is 2.29. The van der Waals surface area contributed by atoms with Crippen LogP contribution < -0.4 is 5.56 Å². The Hall–Kier alpha value is -2.50. The normalized spacial score (nSPS) is 20.5. The van der Waals surface area contributed by atoms with E-state index >= 15 is 0 Å². The standard InChI is InChI=1S/C19H22FN3O2/c1-13-6-5-7-14(2)23(13)19(25)12-22-18(24)11-10-17(21-22)15-8-3-4-9-16(15)20/h3-4,8-11,13-14H,5-7,12H2,1-2H3/t13-,14-/m1/s1. The van der Waals surface area contributed by atoms with E-state index < -0.39 is 5.82 Å². The van der Waals surface area contributed by atoms with Crippen LogP contribution in [0.25, 0.3) is 11.3 Å². The molecule has 2 atom stereocenters. The van der Waals surface area contributed by atoms with Gasteiger partial charge in [0.15, 0.2) is 0 Å². The highest BCUT2D eigenvalue weighted by atomic mass is 19.1. The summed E-state index contributed by atoms with van der Waals surface area (Å²) < 4.78 is 15.1. The summed E-state index contributed by atoms with van der Waals surface area (Å²) in [6.07, 6.45) is 3.04. The molecule has 2 aromatic rings. The molecule has 0 saturated carbocycles. The summed E-state index contributed by atoms with van der Waals surface area (Å²) in [4.78, 5) is 26.7. The Bertz CT molecular complexity index is 823. The summed E-state index contributed by atoms with van der Waals surface area (Å²) in [5.41, 5.74) is 0.277. The van der Waals surface area contributed by atoms with E-state index in [1.165, 1.54) is 18.2 Å². The molecule has 3 rings (SSSR count). The van der Waals surface area contributed by atoms with Crippen molar-refractivity contribution >= 4 is 5.91 Å². The van der Waals surface area contributed by atoms with Gasteiger partial charge in [-0.25, -0.2) is 9.07 Å². The van der Waals surface area contributed by atoms with Crippen LogP contribution in [0.3, 0.4) is 0 Å². The Balaban J connectivity index is 1.88. The smallest absolute Gasteiger partial charge is 0.267 e. The molecule has 5 nitrogen and oxygen atoms in total. The molecule has 0 bridgehead atoms. The minimum Gasteiger partial charge on any atom is -0.336 e. The van der Waals surface area contributed by atoms with E-state index in [0.29, 0.717) is 11.3 Å². The van der Waals surface area contributed by atoms with Crippen LogP contribution in [0.1, 0.15) is 33.1 Å². The van der Waals surface area contributed by atoms with Crippen LogP contribution in [-0.2, 0) is 11.3 Å². The van der Waals surface area contributed by atoms with Crippen LogP contribution in [0.4, 0.5) is 4.39 Å². The molecule has 1 aromatic heterocycles. The number of rotatable bonds is 3. The van der Waals surface area contributed by atoms with Crippen molar-refractivity contribution in [2.75, 3.05) is 0 Å². The second-order valence-electron chi connectivity index (χ2n) is 6.62. The summed E-state index contributed by atoms with van der Waals surface area (Å²) in [5, 5.41) is 4.20. The van der Waals surface area contributed by atoms with Crippen molar-refractivity contribution in [1.82, 2.24) is 14.7 Å². The first-order chi connectivity index (χ1) is 12.0. The number of carbonyl (C=O) groups is 1. The molecule has 0 unspecified atom stereocenters. The molecular weight excluding hydrogens is 321 g/mol. The number of hydrogen-bond acceptors (Lipinski definition) is 3. The molecule has 1 amide bonds. The van der Waals surface area contributed by atoms with Crippen molar-refractivity contribution in [2.24, 2.45) is 0 Å². The number of nitrogens with zero attached hydrogens (tertiary/aromatic N) is 3. The Kier molecular flexibility index (Phi) is 4.97. The molecule has 0 N–H and O–H groups in total. The molecule has 132 valence electrons. The highest BCUT2D eigenvalue weighted by Crippen LogP contribution is 2.23. The first-order valence-corrected chi connectivity index (χ1v) is 8.61. The van der Waals surface area contributed by atoms with Gasteiger partial charge in [-0.2, -0.15) is 5.10 Å². The third kappa shape index (κ3) is 3.62. The maximum Gasteiger partial charge on any atom is 0.267 e. The molecule has 2 heterocycles. The van der Waals surface area contributed by atoms with Gasteiger partial charge in [0.1, 0.15) is 12.4 Å². The summed E-state index contributed by atoms with van der Waals surface area (Å²) in [6.45, 7) is 3.93. The van der Waals surface area contributed by atoms with Gasteiger partial charge >= 0.3 is 0 Å². The van der Waals surface area contributed by atoms with E-state index in [2.05, 4.69) is 5.10 Å². The fourth-order valence-electron chi connectivity index (χ4n) is 3.50. The zero-order valence-electron chi connectivity index (χ0n) is 14.5. The van der Waals surface area contributed by atoms with Gasteiger partial charge in [-0.15, -0.1) is 0 Å². The van der Waals surface area contributed by atoms with Crippen molar-refractivity contribution in [3.05, 3.63) is 52.6 Å². The maximum atomic E-state index is 14.0.